The van der Waals surface area contributed by atoms with Crippen LogP contribution in [0.4, 0.5) is 5.69 Å². The predicted molar refractivity (Wildman–Crippen MR) is 125 cm³/mol. The van der Waals surface area contributed by atoms with E-state index in [9.17, 15) is 13.2 Å². The molecule has 1 unspecified atom stereocenters. The summed E-state index contributed by atoms with van der Waals surface area (Å²) in [7, 11) is -0.664. The van der Waals surface area contributed by atoms with Crippen LogP contribution in [0, 0.1) is 6.92 Å². The molecule has 0 aliphatic rings. The van der Waals surface area contributed by atoms with Gasteiger partial charge in [-0.1, -0.05) is 29.4 Å². The number of carbonyl (C=O) groups excluding carboxylic acids is 1. The van der Waals surface area contributed by atoms with Crippen LogP contribution in [0.5, 0.6) is 0 Å². The highest BCUT2D eigenvalue weighted by Crippen LogP contribution is 2.27. The molecule has 1 atom stereocenters. The van der Waals surface area contributed by atoms with Gasteiger partial charge >= 0.3 is 0 Å². The van der Waals surface area contributed by atoms with Crippen molar-refractivity contribution in [1.82, 2.24) is 13.9 Å². The van der Waals surface area contributed by atoms with Gasteiger partial charge < -0.3 is 5.32 Å². The van der Waals surface area contributed by atoms with Gasteiger partial charge in [-0.3, -0.25) is 9.36 Å². The molecule has 0 radical (unpaired) electrons. The first kappa shape index (κ1) is 23.3. The summed E-state index contributed by atoms with van der Waals surface area (Å²) in [5.74, 6) is -0.252. The largest absolute Gasteiger partial charge is 0.325 e. The minimum Gasteiger partial charge on any atom is -0.325 e. The van der Waals surface area contributed by atoms with E-state index in [1.807, 2.05) is 29.8 Å². The third-order valence-corrected chi connectivity index (χ3v) is 7.75. The van der Waals surface area contributed by atoms with Crippen molar-refractivity contribution in [1.29, 1.82) is 0 Å². The average molecular weight is 479 g/mol. The Bertz CT molecular complexity index is 1190. The number of sulfonamides is 1. The van der Waals surface area contributed by atoms with Crippen LogP contribution in [0.15, 0.2) is 64.9 Å². The number of thioether (sulfide) groups is 1. The Hall–Kier alpha value is -2.33. The molecule has 0 fully saturated rings. The fourth-order valence-corrected chi connectivity index (χ4v) is 4.67. The first-order chi connectivity index (χ1) is 14.6. The third kappa shape index (κ3) is 5.30. The van der Waals surface area contributed by atoms with Crippen LogP contribution >= 0.6 is 23.4 Å². The molecule has 0 aliphatic carbocycles. The van der Waals surface area contributed by atoms with Crippen LogP contribution < -0.4 is 5.32 Å². The summed E-state index contributed by atoms with van der Waals surface area (Å²) in [6, 6.07) is 12.0. The van der Waals surface area contributed by atoms with Crippen LogP contribution in [0.2, 0.25) is 5.02 Å². The van der Waals surface area contributed by atoms with E-state index in [1.54, 1.807) is 31.3 Å². The molecule has 1 amide bonds. The fraction of sp³-hybridized carbons (Fsp3) is 0.238. The number of halogens is 1. The summed E-state index contributed by atoms with van der Waals surface area (Å²) < 4.78 is 27.8. The number of anilines is 1. The molecule has 7 nitrogen and oxygen atoms in total. The maximum absolute atomic E-state index is 12.8. The topological polar surface area (TPSA) is 84.3 Å². The van der Waals surface area contributed by atoms with Gasteiger partial charge in [0.1, 0.15) is 0 Å². The molecule has 1 N–H and O–H groups in total. The summed E-state index contributed by atoms with van der Waals surface area (Å²) in [5, 5.41) is 3.67. The monoisotopic (exact) mass is 478 g/mol. The molecule has 10 heteroatoms. The summed E-state index contributed by atoms with van der Waals surface area (Å²) in [6.45, 7) is 3.59. The number of imidazole rings is 1. The van der Waals surface area contributed by atoms with Crippen molar-refractivity contribution < 1.29 is 13.2 Å². The molecule has 0 saturated heterocycles. The first-order valence-corrected chi connectivity index (χ1v) is 12.1. The Morgan fingerprint density at radius 2 is 1.87 bits per heavy atom. The van der Waals surface area contributed by atoms with Crippen molar-refractivity contribution in [2.24, 2.45) is 0 Å². The van der Waals surface area contributed by atoms with Gasteiger partial charge in [0, 0.05) is 42.9 Å². The number of rotatable bonds is 7. The quantitative estimate of drug-likeness (QED) is 0.514. The number of aromatic nitrogens is 2. The van der Waals surface area contributed by atoms with E-state index in [2.05, 4.69) is 10.3 Å². The number of carbonyl (C=O) groups is 1. The minimum atomic E-state index is -3.60. The predicted octanol–water partition coefficient (Wildman–Crippen LogP) is 4.20. The Morgan fingerprint density at radius 3 is 2.52 bits per heavy atom. The van der Waals surface area contributed by atoms with Gasteiger partial charge in [-0.05, 0) is 55.8 Å². The van der Waals surface area contributed by atoms with E-state index in [1.165, 1.54) is 38.0 Å². The summed E-state index contributed by atoms with van der Waals surface area (Å²) in [4.78, 5) is 17.3. The number of nitrogens with zero attached hydrogens (tertiary/aromatic N) is 3. The van der Waals surface area contributed by atoms with E-state index in [0.29, 0.717) is 15.9 Å². The van der Waals surface area contributed by atoms with Gasteiger partial charge in [-0.2, -0.15) is 0 Å². The number of nitrogens with one attached hydrogen (secondary N) is 1. The molecule has 2 aromatic carbocycles. The number of aryl methyl sites for hydroxylation is 1. The molecule has 0 bridgehead atoms. The fourth-order valence-electron chi connectivity index (χ4n) is 2.73. The maximum atomic E-state index is 12.8. The molecule has 1 aromatic heterocycles. The lowest BCUT2D eigenvalue weighted by Crippen LogP contribution is -2.25. The molecular formula is C21H23ClN4O3S2. The molecule has 31 heavy (non-hydrogen) atoms. The average Bonchev–Trinajstić information content (AvgIpc) is 3.17. The van der Waals surface area contributed by atoms with Crippen LogP contribution in [-0.4, -0.2) is 47.5 Å². The number of amides is 1. The molecule has 0 spiro atoms. The summed E-state index contributed by atoms with van der Waals surface area (Å²) >= 11 is 7.27. The zero-order valence-corrected chi connectivity index (χ0v) is 19.9. The van der Waals surface area contributed by atoms with Crippen molar-refractivity contribution in [3.8, 4) is 5.69 Å². The van der Waals surface area contributed by atoms with Gasteiger partial charge in [0.05, 0.1) is 10.1 Å². The normalized spacial score (nSPS) is 12.7. The van der Waals surface area contributed by atoms with Crippen LogP contribution in [0.25, 0.3) is 5.69 Å². The zero-order valence-electron chi connectivity index (χ0n) is 17.5. The lowest BCUT2D eigenvalue weighted by atomic mass is 10.2. The van der Waals surface area contributed by atoms with Crippen molar-refractivity contribution in [2.45, 2.75) is 29.1 Å². The SMILES string of the molecule is Cc1ccc(S(=O)(=O)N(C)C)cc1NC(=O)C(C)Sc1nccn1-c1ccc(Cl)cc1. The van der Waals surface area contributed by atoms with E-state index < -0.39 is 15.3 Å². The molecular weight excluding hydrogens is 456 g/mol. The Labute approximate surface area is 191 Å². The highest BCUT2D eigenvalue weighted by atomic mass is 35.5. The van der Waals surface area contributed by atoms with E-state index in [0.717, 1.165) is 15.6 Å². The highest BCUT2D eigenvalue weighted by Gasteiger charge is 2.21. The Kier molecular flexibility index (Phi) is 7.10. The van der Waals surface area contributed by atoms with Gasteiger partial charge in [0.25, 0.3) is 0 Å². The van der Waals surface area contributed by atoms with E-state index >= 15 is 0 Å². The highest BCUT2D eigenvalue weighted by molar-refractivity contribution is 8.00. The minimum absolute atomic E-state index is 0.122. The van der Waals surface area contributed by atoms with Gasteiger partial charge in [0.2, 0.25) is 15.9 Å². The Morgan fingerprint density at radius 1 is 1.19 bits per heavy atom. The van der Waals surface area contributed by atoms with Crippen molar-refractivity contribution in [3.63, 3.8) is 0 Å². The van der Waals surface area contributed by atoms with Gasteiger partial charge in [-0.15, -0.1) is 0 Å². The summed E-state index contributed by atoms with van der Waals surface area (Å²) in [6.07, 6.45) is 3.48. The van der Waals surface area contributed by atoms with Crippen LogP contribution in [0.1, 0.15) is 12.5 Å². The van der Waals surface area contributed by atoms with Gasteiger partial charge in [-0.25, -0.2) is 17.7 Å². The van der Waals surface area contributed by atoms with E-state index in [4.69, 9.17) is 11.6 Å². The second-order valence-corrected chi connectivity index (χ2v) is 11.0. The molecule has 3 rings (SSSR count). The maximum Gasteiger partial charge on any atom is 0.242 e. The molecule has 3 aromatic rings. The lowest BCUT2D eigenvalue weighted by molar-refractivity contribution is -0.115. The first-order valence-electron chi connectivity index (χ1n) is 9.39. The number of benzene rings is 2. The van der Waals surface area contributed by atoms with E-state index in [-0.39, 0.29) is 10.8 Å². The molecule has 0 saturated carbocycles. The molecule has 1 heterocycles. The van der Waals surface area contributed by atoms with Crippen molar-refractivity contribution in [3.05, 3.63) is 65.4 Å². The molecule has 0 aliphatic heterocycles. The van der Waals surface area contributed by atoms with Crippen LogP contribution in [0.3, 0.4) is 0 Å². The van der Waals surface area contributed by atoms with Gasteiger partial charge in [0.15, 0.2) is 5.16 Å². The number of hydrogen-bond acceptors (Lipinski definition) is 5. The second kappa shape index (κ2) is 9.44. The zero-order chi connectivity index (χ0) is 22.8. The third-order valence-electron chi connectivity index (χ3n) is 4.61. The molecule has 164 valence electrons. The lowest BCUT2D eigenvalue weighted by Gasteiger charge is -2.16. The number of hydrogen-bond donors (Lipinski definition) is 1. The van der Waals surface area contributed by atoms with Crippen molar-refractivity contribution >= 4 is 45.0 Å². The smallest absolute Gasteiger partial charge is 0.242 e. The second-order valence-electron chi connectivity index (χ2n) is 7.07. The Balaban J connectivity index is 1.77. The van der Waals surface area contributed by atoms with Crippen LogP contribution in [-0.2, 0) is 14.8 Å². The van der Waals surface area contributed by atoms with Crippen molar-refractivity contribution in [2.75, 3.05) is 19.4 Å². The standard InChI is InChI=1S/C21H23ClN4O3S2/c1-14-5-10-18(31(28,29)25(3)4)13-19(14)24-20(27)15(2)30-21-23-11-12-26(21)17-8-6-16(22)7-9-17/h5-13,15H,1-4H3,(H,24,27). The summed E-state index contributed by atoms with van der Waals surface area (Å²) in [5.41, 5.74) is 2.11.